The van der Waals surface area contributed by atoms with Crippen LogP contribution in [-0.2, 0) is 29.1 Å². The maximum atomic E-state index is 12.2. The smallest absolute Gasteiger partial charge is 0.251 e. The third-order valence-electron chi connectivity index (χ3n) is 3.95. The third-order valence-corrected chi connectivity index (χ3v) is 4.44. The number of carbonyl (C=O) groups excluding carboxylic acids is 2. The van der Waals surface area contributed by atoms with Crippen molar-refractivity contribution in [1.29, 1.82) is 0 Å². The minimum absolute atomic E-state index is 0.0199. The van der Waals surface area contributed by atoms with Crippen molar-refractivity contribution < 1.29 is 29.1 Å². The molecule has 0 saturated carbocycles. The first kappa shape index (κ1) is 30.1. The number of amides is 2. The molecule has 0 radical (unpaired) electrons. The Morgan fingerprint density at radius 3 is 1.81 bits per heavy atom. The lowest BCUT2D eigenvalue weighted by Gasteiger charge is -2.32. The zero-order valence-electron chi connectivity index (χ0n) is 20.6. The molecular weight excluding hydrogens is 420 g/mol. The van der Waals surface area contributed by atoms with E-state index in [1.165, 1.54) is 12.8 Å². The molecule has 184 valence electrons. The lowest BCUT2D eigenvalue weighted by atomic mass is 10.1. The van der Waals surface area contributed by atoms with Crippen LogP contribution in [0.25, 0.3) is 0 Å². The SMILES string of the molecule is CCCCCCCC(S)C(=O)NNC(=O)CCC(C)(OOC(C)(C)C)OOC(C)(C)C. The van der Waals surface area contributed by atoms with Gasteiger partial charge in [-0.1, -0.05) is 39.0 Å². The summed E-state index contributed by atoms with van der Waals surface area (Å²) in [5.74, 6) is -2.02. The highest BCUT2D eigenvalue weighted by Crippen LogP contribution is 2.25. The van der Waals surface area contributed by atoms with Crippen LogP contribution in [0.1, 0.15) is 107 Å². The van der Waals surface area contributed by atoms with E-state index in [0.29, 0.717) is 6.42 Å². The minimum atomic E-state index is -1.31. The Morgan fingerprint density at radius 1 is 0.806 bits per heavy atom. The molecule has 0 aliphatic rings. The van der Waals surface area contributed by atoms with E-state index in [4.69, 9.17) is 19.6 Å². The molecular formula is C22H44N2O6S. The minimum Gasteiger partial charge on any atom is -0.273 e. The highest BCUT2D eigenvalue weighted by atomic mass is 32.1. The van der Waals surface area contributed by atoms with Crippen molar-refractivity contribution in [2.75, 3.05) is 0 Å². The molecule has 0 aromatic carbocycles. The molecule has 0 heterocycles. The van der Waals surface area contributed by atoms with E-state index in [2.05, 4.69) is 30.4 Å². The predicted molar refractivity (Wildman–Crippen MR) is 124 cm³/mol. The number of hydrogen-bond acceptors (Lipinski definition) is 7. The molecule has 0 spiro atoms. The van der Waals surface area contributed by atoms with Gasteiger partial charge in [-0.15, -0.1) is 0 Å². The summed E-state index contributed by atoms with van der Waals surface area (Å²) in [7, 11) is 0. The van der Waals surface area contributed by atoms with E-state index in [0.717, 1.165) is 19.3 Å². The van der Waals surface area contributed by atoms with Gasteiger partial charge in [0.15, 0.2) is 0 Å². The highest BCUT2D eigenvalue weighted by Gasteiger charge is 2.34. The van der Waals surface area contributed by atoms with Crippen LogP contribution in [0.2, 0.25) is 0 Å². The number of nitrogens with one attached hydrogen (secondary N) is 2. The molecule has 0 aromatic rings. The van der Waals surface area contributed by atoms with Crippen LogP contribution in [0.15, 0.2) is 0 Å². The Labute approximate surface area is 193 Å². The summed E-state index contributed by atoms with van der Waals surface area (Å²) in [5, 5.41) is -0.459. The summed E-state index contributed by atoms with van der Waals surface area (Å²) in [5.41, 5.74) is 3.70. The van der Waals surface area contributed by atoms with Gasteiger partial charge in [-0.05, 0) is 54.9 Å². The van der Waals surface area contributed by atoms with E-state index in [1.54, 1.807) is 6.92 Å². The standard InChI is InChI=1S/C22H44N2O6S/c1-9-10-11-12-13-14-17(31)19(26)24-23-18(25)15-16-22(8,29-27-20(2,3)4)30-28-21(5,6)7/h17,31H,9-16H2,1-8H3,(H,23,25)(H,24,26). The van der Waals surface area contributed by atoms with Crippen molar-refractivity contribution in [2.24, 2.45) is 0 Å². The molecule has 0 aromatic heterocycles. The summed E-state index contributed by atoms with van der Waals surface area (Å²) >= 11 is 4.32. The van der Waals surface area contributed by atoms with Crippen LogP contribution >= 0.6 is 12.6 Å². The van der Waals surface area contributed by atoms with Crippen molar-refractivity contribution in [3.8, 4) is 0 Å². The van der Waals surface area contributed by atoms with Gasteiger partial charge < -0.3 is 0 Å². The average molecular weight is 465 g/mol. The number of thiol groups is 1. The highest BCUT2D eigenvalue weighted by molar-refractivity contribution is 7.81. The van der Waals surface area contributed by atoms with Crippen LogP contribution < -0.4 is 10.9 Å². The van der Waals surface area contributed by atoms with Crippen molar-refractivity contribution in [3.05, 3.63) is 0 Å². The largest absolute Gasteiger partial charge is 0.273 e. The zero-order valence-corrected chi connectivity index (χ0v) is 21.5. The molecule has 0 saturated heterocycles. The van der Waals surface area contributed by atoms with Gasteiger partial charge in [0.2, 0.25) is 11.7 Å². The second kappa shape index (κ2) is 14.3. The molecule has 2 amide bonds. The topological polar surface area (TPSA) is 95.1 Å². The second-order valence-electron chi connectivity index (χ2n) is 9.95. The lowest BCUT2D eigenvalue weighted by molar-refractivity contribution is -0.537. The maximum Gasteiger partial charge on any atom is 0.251 e. The third kappa shape index (κ3) is 17.4. The Balaban J connectivity index is 4.48. The summed E-state index contributed by atoms with van der Waals surface area (Å²) in [6.07, 6.45) is 6.39. The van der Waals surface area contributed by atoms with Crippen molar-refractivity contribution in [1.82, 2.24) is 10.9 Å². The average Bonchev–Trinajstić information content (AvgIpc) is 2.66. The van der Waals surface area contributed by atoms with Crippen molar-refractivity contribution in [3.63, 3.8) is 0 Å². The van der Waals surface area contributed by atoms with Gasteiger partial charge in [-0.3, -0.25) is 20.4 Å². The molecule has 0 aliphatic heterocycles. The van der Waals surface area contributed by atoms with E-state index in [9.17, 15) is 9.59 Å². The first-order valence-electron chi connectivity index (χ1n) is 11.2. The summed E-state index contributed by atoms with van der Waals surface area (Å²) in [4.78, 5) is 45.9. The Kier molecular flexibility index (Phi) is 13.9. The molecule has 0 aliphatic carbocycles. The van der Waals surface area contributed by atoms with Crippen molar-refractivity contribution >= 4 is 24.4 Å². The molecule has 2 N–H and O–H groups in total. The van der Waals surface area contributed by atoms with Crippen LogP contribution in [0.3, 0.4) is 0 Å². The second-order valence-corrected chi connectivity index (χ2v) is 10.6. The van der Waals surface area contributed by atoms with E-state index >= 15 is 0 Å². The zero-order chi connectivity index (χ0) is 24.1. The maximum absolute atomic E-state index is 12.2. The molecule has 1 atom stereocenters. The Bertz CT molecular complexity index is 513. The van der Waals surface area contributed by atoms with Gasteiger partial charge in [0.25, 0.3) is 5.91 Å². The fourth-order valence-corrected chi connectivity index (χ4v) is 2.46. The monoisotopic (exact) mass is 464 g/mol. The summed E-state index contributed by atoms with van der Waals surface area (Å²) in [6.45, 7) is 14.8. The van der Waals surface area contributed by atoms with Crippen LogP contribution in [0.4, 0.5) is 0 Å². The molecule has 8 nitrogen and oxygen atoms in total. The van der Waals surface area contributed by atoms with Crippen LogP contribution in [0, 0.1) is 0 Å². The fraction of sp³-hybridized carbons (Fsp3) is 0.909. The number of hydrogen-bond donors (Lipinski definition) is 3. The van der Waals surface area contributed by atoms with Gasteiger partial charge in [0.05, 0.1) is 16.5 Å². The van der Waals surface area contributed by atoms with Gasteiger partial charge in [0, 0.05) is 12.8 Å². The van der Waals surface area contributed by atoms with Gasteiger partial charge in [-0.2, -0.15) is 22.4 Å². The first-order chi connectivity index (χ1) is 14.2. The van der Waals surface area contributed by atoms with E-state index in [-0.39, 0.29) is 24.7 Å². The first-order valence-corrected chi connectivity index (χ1v) is 11.7. The molecule has 1 unspecified atom stereocenters. The van der Waals surface area contributed by atoms with Crippen molar-refractivity contribution in [2.45, 2.75) is 129 Å². The fourth-order valence-electron chi connectivity index (χ4n) is 2.21. The van der Waals surface area contributed by atoms with Gasteiger partial charge in [0.1, 0.15) is 0 Å². The van der Waals surface area contributed by atoms with Crippen LogP contribution in [0.5, 0.6) is 0 Å². The predicted octanol–water partition coefficient (Wildman–Crippen LogP) is 4.78. The van der Waals surface area contributed by atoms with E-state index < -0.39 is 22.2 Å². The van der Waals surface area contributed by atoms with Gasteiger partial charge >= 0.3 is 0 Å². The number of carbonyl (C=O) groups is 2. The molecule has 31 heavy (non-hydrogen) atoms. The molecule has 0 rings (SSSR count). The van der Waals surface area contributed by atoms with E-state index in [1.807, 2.05) is 41.5 Å². The number of rotatable bonds is 14. The summed E-state index contributed by atoms with van der Waals surface area (Å²) in [6, 6.07) is 0. The Morgan fingerprint density at radius 2 is 1.32 bits per heavy atom. The molecule has 0 bridgehead atoms. The number of unbranched alkanes of at least 4 members (excludes halogenated alkanes) is 4. The van der Waals surface area contributed by atoms with Gasteiger partial charge in [-0.25, -0.2) is 9.78 Å². The number of hydrazine groups is 1. The van der Waals surface area contributed by atoms with Crippen LogP contribution in [-0.4, -0.2) is 34.1 Å². The lowest BCUT2D eigenvalue weighted by Crippen LogP contribution is -2.46. The Hall–Kier alpha value is -0.870. The quantitative estimate of drug-likeness (QED) is 0.113. The normalized spacial score (nSPS) is 13.7. The summed E-state index contributed by atoms with van der Waals surface area (Å²) < 4.78 is 0. The molecule has 9 heteroatoms. The molecule has 0 fully saturated rings.